The van der Waals surface area contributed by atoms with Crippen LogP contribution in [0, 0.1) is 0 Å². The predicted octanol–water partition coefficient (Wildman–Crippen LogP) is 1.18. The number of fused-ring (bicyclic) bond motifs is 1. The Hall–Kier alpha value is -1.20. The summed E-state index contributed by atoms with van der Waals surface area (Å²) in [4.78, 5) is 18.0. The number of nitrogens with zero attached hydrogens (tertiary/aromatic N) is 1. The van der Waals surface area contributed by atoms with Crippen molar-refractivity contribution in [2.75, 3.05) is 0 Å². The topological polar surface area (TPSA) is 66.0 Å². The molecule has 4 nitrogen and oxygen atoms in total. The maximum atomic E-state index is 11.2. The average Bonchev–Trinajstić information content (AvgIpc) is 2.19. The molecule has 2 N–H and O–H groups in total. The first kappa shape index (κ1) is 9.36. The number of hydrogen-bond acceptors (Lipinski definition) is 3. The van der Waals surface area contributed by atoms with Gasteiger partial charge in [0, 0.05) is 6.20 Å². The van der Waals surface area contributed by atoms with Crippen LogP contribution in [-0.2, 0) is 6.61 Å². The Morgan fingerprint density at radius 3 is 3.00 bits per heavy atom. The molecule has 2 aromatic rings. The standard InChI is InChI=1S/C9H7BrN2O2/c10-6-2-7-8(12-9(6)14)1-5(4-13)3-11-7/h1-3,13H,4H2,(H,12,14). The van der Waals surface area contributed by atoms with E-state index in [2.05, 4.69) is 25.9 Å². The number of aliphatic hydroxyl groups is 1. The summed E-state index contributed by atoms with van der Waals surface area (Å²) in [5.41, 5.74) is 1.79. The molecular weight excluding hydrogens is 248 g/mol. The summed E-state index contributed by atoms with van der Waals surface area (Å²) in [6.07, 6.45) is 1.58. The number of hydrogen-bond donors (Lipinski definition) is 2. The van der Waals surface area contributed by atoms with Crippen LogP contribution in [-0.4, -0.2) is 15.1 Å². The van der Waals surface area contributed by atoms with Crippen LogP contribution in [0.4, 0.5) is 0 Å². The van der Waals surface area contributed by atoms with E-state index in [1.165, 1.54) is 0 Å². The molecule has 0 aliphatic rings. The van der Waals surface area contributed by atoms with E-state index < -0.39 is 0 Å². The lowest BCUT2D eigenvalue weighted by Crippen LogP contribution is -2.06. The summed E-state index contributed by atoms with van der Waals surface area (Å²) in [6, 6.07) is 3.35. The second-order valence-electron chi connectivity index (χ2n) is 2.88. The predicted molar refractivity (Wildman–Crippen MR) is 56.0 cm³/mol. The van der Waals surface area contributed by atoms with Crippen molar-refractivity contribution in [2.45, 2.75) is 6.61 Å². The molecule has 2 rings (SSSR count). The van der Waals surface area contributed by atoms with Crippen molar-refractivity contribution in [3.63, 3.8) is 0 Å². The highest BCUT2D eigenvalue weighted by Crippen LogP contribution is 2.12. The molecule has 0 aromatic carbocycles. The van der Waals surface area contributed by atoms with Crippen LogP contribution < -0.4 is 5.56 Å². The van der Waals surface area contributed by atoms with Gasteiger partial charge in [-0.1, -0.05) is 0 Å². The van der Waals surface area contributed by atoms with Crippen LogP contribution in [0.3, 0.4) is 0 Å². The minimum Gasteiger partial charge on any atom is -0.392 e. The SMILES string of the molecule is O=c1[nH]c2cc(CO)cnc2cc1Br. The molecule has 0 spiro atoms. The second kappa shape index (κ2) is 3.51. The van der Waals surface area contributed by atoms with Gasteiger partial charge in [0.1, 0.15) is 0 Å². The zero-order chi connectivity index (χ0) is 10.1. The Bertz CT molecular complexity index is 536. The third-order valence-corrected chi connectivity index (χ3v) is 2.48. The first-order chi connectivity index (χ1) is 6.70. The summed E-state index contributed by atoms with van der Waals surface area (Å²) in [6.45, 7) is -0.0823. The summed E-state index contributed by atoms with van der Waals surface area (Å²) < 4.78 is 0.453. The van der Waals surface area contributed by atoms with Crippen molar-refractivity contribution < 1.29 is 5.11 Å². The first-order valence-electron chi connectivity index (χ1n) is 3.99. The van der Waals surface area contributed by atoms with Gasteiger partial charge >= 0.3 is 0 Å². The fraction of sp³-hybridized carbons (Fsp3) is 0.111. The zero-order valence-corrected chi connectivity index (χ0v) is 8.71. The van der Waals surface area contributed by atoms with Crippen molar-refractivity contribution >= 4 is 27.0 Å². The highest BCUT2D eigenvalue weighted by atomic mass is 79.9. The van der Waals surface area contributed by atoms with Crippen LogP contribution in [0.2, 0.25) is 0 Å². The molecule has 2 aromatic heterocycles. The maximum Gasteiger partial charge on any atom is 0.262 e. The Morgan fingerprint density at radius 1 is 1.50 bits per heavy atom. The van der Waals surface area contributed by atoms with Crippen LogP contribution in [0.5, 0.6) is 0 Å². The molecule has 72 valence electrons. The molecular formula is C9H7BrN2O2. The minimum absolute atomic E-state index is 0.0823. The lowest BCUT2D eigenvalue weighted by atomic mass is 10.2. The van der Waals surface area contributed by atoms with Crippen molar-refractivity contribution in [3.8, 4) is 0 Å². The number of nitrogens with one attached hydrogen (secondary N) is 1. The van der Waals surface area contributed by atoms with Crippen LogP contribution in [0.25, 0.3) is 11.0 Å². The first-order valence-corrected chi connectivity index (χ1v) is 4.78. The van der Waals surface area contributed by atoms with Crippen LogP contribution in [0.15, 0.2) is 27.6 Å². The van der Waals surface area contributed by atoms with Gasteiger partial charge in [-0.15, -0.1) is 0 Å². The molecule has 0 amide bonds. The minimum atomic E-state index is -0.200. The normalized spacial score (nSPS) is 10.7. The van der Waals surface area contributed by atoms with E-state index in [1.54, 1.807) is 18.3 Å². The van der Waals surface area contributed by atoms with Gasteiger partial charge in [0.15, 0.2) is 0 Å². The smallest absolute Gasteiger partial charge is 0.262 e. The largest absolute Gasteiger partial charge is 0.392 e. The van der Waals surface area contributed by atoms with E-state index in [9.17, 15) is 4.79 Å². The van der Waals surface area contributed by atoms with Crippen LogP contribution >= 0.6 is 15.9 Å². The van der Waals surface area contributed by atoms with Gasteiger partial charge in [-0.05, 0) is 33.6 Å². The highest BCUT2D eigenvalue weighted by Gasteiger charge is 2.01. The fourth-order valence-electron chi connectivity index (χ4n) is 1.19. The second-order valence-corrected chi connectivity index (χ2v) is 3.74. The molecule has 0 fully saturated rings. The number of halogens is 1. The van der Waals surface area contributed by atoms with E-state index in [4.69, 9.17) is 5.11 Å². The van der Waals surface area contributed by atoms with Crippen molar-refractivity contribution in [1.82, 2.24) is 9.97 Å². The lowest BCUT2D eigenvalue weighted by Gasteiger charge is -1.99. The molecule has 0 aliphatic carbocycles. The number of aromatic amines is 1. The molecule has 0 atom stereocenters. The Labute approximate surface area is 87.7 Å². The van der Waals surface area contributed by atoms with Crippen molar-refractivity contribution in [1.29, 1.82) is 0 Å². The van der Waals surface area contributed by atoms with Crippen molar-refractivity contribution in [3.05, 3.63) is 38.7 Å². The molecule has 0 saturated heterocycles. The molecule has 0 saturated carbocycles. The average molecular weight is 255 g/mol. The van der Waals surface area contributed by atoms with Gasteiger partial charge in [-0.3, -0.25) is 9.78 Å². The van der Waals surface area contributed by atoms with Gasteiger partial charge in [0.05, 0.1) is 22.1 Å². The Kier molecular flexibility index (Phi) is 2.35. The van der Waals surface area contributed by atoms with Crippen LogP contribution in [0.1, 0.15) is 5.56 Å². The molecule has 0 aliphatic heterocycles. The maximum absolute atomic E-state index is 11.2. The monoisotopic (exact) mass is 254 g/mol. The van der Waals surface area contributed by atoms with Gasteiger partial charge in [-0.2, -0.15) is 0 Å². The molecule has 0 bridgehead atoms. The van der Waals surface area contributed by atoms with Gasteiger partial charge in [0.25, 0.3) is 5.56 Å². The number of rotatable bonds is 1. The molecule has 14 heavy (non-hydrogen) atoms. The number of pyridine rings is 2. The van der Waals surface area contributed by atoms with Gasteiger partial charge in [-0.25, -0.2) is 0 Å². The quantitative estimate of drug-likeness (QED) is 0.804. The Morgan fingerprint density at radius 2 is 2.29 bits per heavy atom. The van der Waals surface area contributed by atoms with Crippen molar-refractivity contribution in [2.24, 2.45) is 0 Å². The van der Waals surface area contributed by atoms with E-state index >= 15 is 0 Å². The summed E-state index contributed by atoms with van der Waals surface area (Å²) in [7, 11) is 0. The van der Waals surface area contributed by atoms with E-state index in [1.807, 2.05) is 0 Å². The van der Waals surface area contributed by atoms with E-state index in [0.717, 1.165) is 0 Å². The third kappa shape index (κ3) is 1.56. The number of H-pyrrole nitrogens is 1. The fourth-order valence-corrected chi connectivity index (χ4v) is 1.50. The van der Waals surface area contributed by atoms with E-state index in [-0.39, 0.29) is 12.2 Å². The van der Waals surface area contributed by atoms with Gasteiger partial charge in [0.2, 0.25) is 0 Å². The number of aliphatic hydroxyl groups excluding tert-OH is 1. The summed E-state index contributed by atoms with van der Waals surface area (Å²) in [5, 5.41) is 8.88. The van der Waals surface area contributed by atoms with Gasteiger partial charge < -0.3 is 10.1 Å². The molecule has 2 heterocycles. The molecule has 0 radical (unpaired) electrons. The van der Waals surface area contributed by atoms with E-state index in [0.29, 0.717) is 21.1 Å². The number of aromatic nitrogens is 2. The zero-order valence-electron chi connectivity index (χ0n) is 7.12. The molecule has 5 heteroatoms. The summed E-state index contributed by atoms with van der Waals surface area (Å²) in [5.74, 6) is 0. The summed E-state index contributed by atoms with van der Waals surface area (Å²) >= 11 is 3.12. The Balaban J connectivity index is 2.77. The molecule has 0 unspecified atom stereocenters. The lowest BCUT2D eigenvalue weighted by molar-refractivity contribution is 0.281. The third-order valence-electron chi connectivity index (χ3n) is 1.89. The highest BCUT2D eigenvalue weighted by molar-refractivity contribution is 9.10.